The van der Waals surface area contributed by atoms with Crippen LogP contribution in [0.1, 0.15) is 37.9 Å². The van der Waals surface area contributed by atoms with E-state index in [0.717, 1.165) is 24.0 Å². The van der Waals surface area contributed by atoms with Crippen LogP contribution in [0.2, 0.25) is 0 Å². The summed E-state index contributed by atoms with van der Waals surface area (Å²) in [5.74, 6) is 2.60. The molecule has 1 aliphatic rings. The molecule has 1 saturated carbocycles. The number of aryl methyl sites for hydroxylation is 1. The standard InChI is InChI=1S/C14H24N4S/c1-11-17-12(15-2)9-13(18-11)16-10-14(19-3)7-5-4-6-8-14/h9H,4-8,10H2,1-3H3,(H2,15,16,17,18). The van der Waals surface area contributed by atoms with Gasteiger partial charge in [-0.15, -0.1) is 0 Å². The summed E-state index contributed by atoms with van der Waals surface area (Å²) in [6.45, 7) is 2.92. The molecule has 0 spiro atoms. The number of hydrogen-bond donors (Lipinski definition) is 2. The summed E-state index contributed by atoms with van der Waals surface area (Å²) in [4.78, 5) is 8.78. The molecule has 0 saturated heterocycles. The van der Waals surface area contributed by atoms with Crippen molar-refractivity contribution >= 4 is 23.4 Å². The van der Waals surface area contributed by atoms with Gasteiger partial charge < -0.3 is 10.6 Å². The zero-order valence-electron chi connectivity index (χ0n) is 12.1. The van der Waals surface area contributed by atoms with Gasteiger partial charge in [-0.2, -0.15) is 11.8 Å². The van der Waals surface area contributed by atoms with Gasteiger partial charge in [-0.25, -0.2) is 9.97 Å². The number of aromatic nitrogens is 2. The van der Waals surface area contributed by atoms with Crippen molar-refractivity contribution in [2.75, 3.05) is 30.5 Å². The average Bonchev–Trinajstić information content (AvgIpc) is 2.45. The van der Waals surface area contributed by atoms with Crippen LogP contribution in [0.3, 0.4) is 0 Å². The van der Waals surface area contributed by atoms with Gasteiger partial charge in [-0.05, 0) is 26.0 Å². The molecular weight excluding hydrogens is 256 g/mol. The Labute approximate surface area is 120 Å². The molecule has 1 aromatic rings. The highest BCUT2D eigenvalue weighted by Crippen LogP contribution is 2.38. The maximum Gasteiger partial charge on any atom is 0.131 e. The van der Waals surface area contributed by atoms with E-state index < -0.39 is 0 Å². The second-order valence-electron chi connectivity index (χ2n) is 5.24. The summed E-state index contributed by atoms with van der Waals surface area (Å²) in [5.41, 5.74) is 0. The first-order chi connectivity index (χ1) is 9.17. The predicted molar refractivity (Wildman–Crippen MR) is 84.1 cm³/mol. The van der Waals surface area contributed by atoms with Crippen molar-refractivity contribution in [3.05, 3.63) is 11.9 Å². The van der Waals surface area contributed by atoms with Gasteiger partial charge in [0.05, 0.1) is 0 Å². The molecule has 2 N–H and O–H groups in total. The van der Waals surface area contributed by atoms with E-state index in [1.165, 1.54) is 32.1 Å². The molecule has 0 amide bonds. The first kappa shape index (κ1) is 14.4. The zero-order valence-corrected chi connectivity index (χ0v) is 12.9. The van der Waals surface area contributed by atoms with Gasteiger partial charge in [0, 0.05) is 24.4 Å². The third-order valence-electron chi connectivity index (χ3n) is 3.88. The van der Waals surface area contributed by atoms with Gasteiger partial charge in [0.1, 0.15) is 17.5 Å². The quantitative estimate of drug-likeness (QED) is 0.866. The van der Waals surface area contributed by atoms with E-state index in [1.807, 2.05) is 31.8 Å². The fraction of sp³-hybridized carbons (Fsp3) is 0.714. The molecule has 2 rings (SSSR count). The van der Waals surface area contributed by atoms with Gasteiger partial charge in [0.25, 0.3) is 0 Å². The van der Waals surface area contributed by atoms with Crippen molar-refractivity contribution in [3.8, 4) is 0 Å². The molecule has 1 fully saturated rings. The van der Waals surface area contributed by atoms with Gasteiger partial charge >= 0.3 is 0 Å². The van der Waals surface area contributed by atoms with Crippen LogP contribution in [-0.4, -0.2) is 34.6 Å². The van der Waals surface area contributed by atoms with E-state index in [0.29, 0.717) is 4.75 Å². The van der Waals surface area contributed by atoms with E-state index in [1.54, 1.807) is 0 Å². The molecule has 0 unspecified atom stereocenters. The normalized spacial score (nSPS) is 18.1. The molecule has 0 bridgehead atoms. The molecule has 19 heavy (non-hydrogen) atoms. The van der Waals surface area contributed by atoms with Crippen molar-refractivity contribution in [2.45, 2.75) is 43.8 Å². The topological polar surface area (TPSA) is 49.8 Å². The number of anilines is 2. The molecule has 0 aromatic carbocycles. The predicted octanol–water partition coefficient (Wildman–Crippen LogP) is 3.30. The fourth-order valence-corrected chi connectivity index (χ4v) is 3.60. The highest BCUT2D eigenvalue weighted by Gasteiger charge is 2.30. The van der Waals surface area contributed by atoms with E-state index in [4.69, 9.17) is 0 Å². The summed E-state index contributed by atoms with van der Waals surface area (Å²) in [7, 11) is 1.88. The smallest absolute Gasteiger partial charge is 0.131 e. The SMILES string of the molecule is CNc1cc(NCC2(SC)CCCCC2)nc(C)n1. The maximum atomic E-state index is 4.46. The fourth-order valence-electron chi connectivity index (χ4n) is 2.69. The Morgan fingerprint density at radius 3 is 2.53 bits per heavy atom. The van der Waals surface area contributed by atoms with Gasteiger partial charge in [-0.1, -0.05) is 19.3 Å². The van der Waals surface area contributed by atoms with Crippen LogP contribution in [-0.2, 0) is 0 Å². The first-order valence-electron chi connectivity index (χ1n) is 7.00. The monoisotopic (exact) mass is 280 g/mol. The lowest BCUT2D eigenvalue weighted by atomic mass is 9.88. The van der Waals surface area contributed by atoms with Crippen molar-refractivity contribution in [1.82, 2.24) is 9.97 Å². The summed E-state index contributed by atoms with van der Waals surface area (Å²) in [5, 5.41) is 6.58. The van der Waals surface area contributed by atoms with Crippen molar-refractivity contribution in [2.24, 2.45) is 0 Å². The van der Waals surface area contributed by atoms with E-state index in [2.05, 4.69) is 26.9 Å². The lowest BCUT2D eigenvalue weighted by Crippen LogP contribution is -2.35. The Hall–Kier alpha value is -0.970. The molecule has 106 valence electrons. The molecular formula is C14H24N4S. The Morgan fingerprint density at radius 1 is 1.21 bits per heavy atom. The maximum absolute atomic E-state index is 4.46. The second-order valence-corrected chi connectivity index (χ2v) is 6.51. The molecule has 5 heteroatoms. The minimum Gasteiger partial charge on any atom is -0.373 e. The van der Waals surface area contributed by atoms with Crippen LogP contribution >= 0.6 is 11.8 Å². The summed E-state index contributed by atoms with van der Waals surface area (Å²) >= 11 is 2.01. The zero-order chi connectivity index (χ0) is 13.7. The van der Waals surface area contributed by atoms with Crippen molar-refractivity contribution in [1.29, 1.82) is 0 Å². The Bertz CT molecular complexity index is 416. The van der Waals surface area contributed by atoms with E-state index in [-0.39, 0.29) is 0 Å². The first-order valence-corrected chi connectivity index (χ1v) is 8.22. The number of thioether (sulfide) groups is 1. The molecule has 0 radical (unpaired) electrons. The largest absolute Gasteiger partial charge is 0.373 e. The van der Waals surface area contributed by atoms with Crippen LogP contribution < -0.4 is 10.6 Å². The molecule has 0 aliphatic heterocycles. The molecule has 0 atom stereocenters. The molecule has 4 nitrogen and oxygen atoms in total. The number of hydrogen-bond acceptors (Lipinski definition) is 5. The molecule has 1 heterocycles. The van der Waals surface area contributed by atoms with Crippen LogP contribution in [0.15, 0.2) is 6.07 Å². The number of nitrogens with zero attached hydrogens (tertiary/aromatic N) is 2. The van der Waals surface area contributed by atoms with E-state index >= 15 is 0 Å². The average molecular weight is 280 g/mol. The van der Waals surface area contributed by atoms with Crippen LogP contribution in [0.4, 0.5) is 11.6 Å². The van der Waals surface area contributed by atoms with Gasteiger partial charge in [0.2, 0.25) is 0 Å². The highest BCUT2D eigenvalue weighted by atomic mass is 32.2. The highest BCUT2D eigenvalue weighted by molar-refractivity contribution is 8.00. The van der Waals surface area contributed by atoms with Gasteiger partial charge in [-0.3, -0.25) is 0 Å². The lowest BCUT2D eigenvalue weighted by Gasteiger charge is -2.36. The second kappa shape index (κ2) is 6.46. The Morgan fingerprint density at radius 2 is 1.89 bits per heavy atom. The Kier molecular flexibility index (Phi) is 4.91. The third-order valence-corrected chi connectivity index (χ3v) is 5.30. The van der Waals surface area contributed by atoms with Gasteiger partial charge in [0.15, 0.2) is 0 Å². The Balaban J connectivity index is 2.02. The summed E-state index contributed by atoms with van der Waals surface area (Å²) < 4.78 is 0.386. The lowest BCUT2D eigenvalue weighted by molar-refractivity contribution is 0.411. The van der Waals surface area contributed by atoms with Crippen LogP contribution in [0, 0.1) is 6.92 Å². The number of nitrogens with one attached hydrogen (secondary N) is 2. The van der Waals surface area contributed by atoms with Crippen LogP contribution in [0.5, 0.6) is 0 Å². The summed E-state index contributed by atoms with van der Waals surface area (Å²) in [6.07, 6.45) is 8.95. The third kappa shape index (κ3) is 3.75. The number of rotatable bonds is 5. The minimum absolute atomic E-state index is 0.386. The van der Waals surface area contributed by atoms with Crippen molar-refractivity contribution in [3.63, 3.8) is 0 Å². The van der Waals surface area contributed by atoms with Crippen LogP contribution in [0.25, 0.3) is 0 Å². The van der Waals surface area contributed by atoms with E-state index in [9.17, 15) is 0 Å². The summed E-state index contributed by atoms with van der Waals surface area (Å²) in [6, 6.07) is 1.98. The minimum atomic E-state index is 0.386. The molecule has 1 aromatic heterocycles. The van der Waals surface area contributed by atoms with Crippen molar-refractivity contribution < 1.29 is 0 Å². The molecule has 1 aliphatic carbocycles.